The Labute approximate surface area is 204 Å². The Balaban J connectivity index is 1.02. The van der Waals surface area contributed by atoms with E-state index >= 15 is 0 Å². The molecule has 10 heteroatoms. The summed E-state index contributed by atoms with van der Waals surface area (Å²) in [4.78, 5) is 4.41. The van der Waals surface area contributed by atoms with Gasteiger partial charge in [-0.2, -0.15) is 5.10 Å². The van der Waals surface area contributed by atoms with Crippen LogP contribution in [0.1, 0.15) is 0 Å². The number of fused-ring (bicyclic) bond motifs is 2. The van der Waals surface area contributed by atoms with Gasteiger partial charge in [0.1, 0.15) is 34.7 Å². The number of piperazine rings is 1. The molecule has 4 heterocycles. The highest BCUT2D eigenvalue weighted by Crippen LogP contribution is 2.33. The van der Waals surface area contributed by atoms with Crippen molar-refractivity contribution < 1.29 is 18.8 Å². The smallest absolute Gasteiger partial charge is 0.178 e. The van der Waals surface area contributed by atoms with Gasteiger partial charge in [-0.15, -0.1) is 11.3 Å². The predicted octanol–water partition coefficient (Wildman–Crippen LogP) is 4.13. The number of thiophene rings is 1. The normalized spacial score (nSPS) is 15.8. The van der Waals surface area contributed by atoms with Crippen LogP contribution in [-0.2, 0) is 0 Å². The summed E-state index contributed by atoms with van der Waals surface area (Å²) in [5.74, 6) is 1.25. The zero-order valence-corrected chi connectivity index (χ0v) is 19.7. The van der Waals surface area contributed by atoms with E-state index in [1.54, 1.807) is 17.4 Å². The molecule has 1 unspecified atom stereocenters. The molecule has 8 nitrogen and oxygen atoms in total. The summed E-state index contributed by atoms with van der Waals surface area (Å²) in [7, 11) is 0. The molecule has 0 amide bonds. The summed E-state index contributed by atoms with van der Waals surface area (Å²) >= 11 is 1.59. The van der Waals surface area contributed by atoms with Crippen molar-refractivity contribution in [1.29, 1.82) is 0 Å². The number of anilines is 1. The van der Waals surface area contributed by atoms with E-state index in [0.29, 0.717) is 17.8 Å². The number of halogens is 1. The Morgan fingerprint density at radius 1 is 1.14 bits per heavy atom. The van der Waals surface area contributed by atoms with Crippen LogP contribution in [0.2, 0.25) is 0 Å². The van der Waals surface area contributed by atoms with Crippen molar-refractivity contribution in [2.24, 2.45) is 0 Å². The van der Waals surface area contributed by atoms with Gasteiger partial charge in [-0.05, 0) is 41.8 Å². The van der Waals surface area contributed by atoms with Crippen LogP contribution in [0.5, 0.6) is 5.75 Å². The first kappa shape index (κ1) is 22.0. The Kier molecular flexibility index (Phi) is 5.85. The van der Waals surface area contributed by atoms with E-state index in [9.17, 15) is 9.50 Å². The minimum atomic E-state index is -0.615. The molecule has 1 saturated heterocycles. The van der Waals surface area contributed by atoms with E-state index in [4.69, 9.17) is 9.26 Å². The molecule has 35 heavy (non-hydrogen) atoms. The lowest BCUT2D eigenvalue weighted by atomic mass is 10.1. The van der Waals surface area contributed by atoms with Crippen molar-refractivity contribution in [2.45, 2.75) is 6.10 Å². The van der Waals surface area contributed by atoms with Crippen LogP contribution in [-0.4, -0.2) is 70.8 Å². The molecule has 5 aromatic rings. The lowest BCUT2D eigenvalue weighted by Crippen LogP contribution is -2.49. The third-order valence-electron chi connectivity index (χ3n) is 6.27. The first-order valence-corrected chi connectivity index (χ1v) is 12.4. The molecule has 2 aromatic carbocycles. The minimum absolute atomic E-state index is 0.201. The van der Waals surface area contributed by atoms with Gasteiger partial charge in [0.2, 0.25) is 0 Å². The van der Waals surface area contributed by atoms with E-state index in [0.717, 1.165) is 58.9 Å². The highest BCUT2D eigenvalue weighted by molar-refractivity contribution is 7.17. The molecule has 1 fully saturated rings. The number of nitrogens with zero attached hydrogens (tertiary/aromatic N) is 4. The van der Waals surface area contributed by atoms with Crippen LogP contribution < -0.4 is 9.64 Å². The Bertz CT molecular complexity index is 1460. The maximum atomic E-state index is 13.5. The second-order valence-electron chi connectivity index (χ2n) is 8.66. The second kappa shape index (κ2) is 9.29. The molecule has 2 N–H and O–H groups in total. The molecule has 0 aliphatic carbocycles. The summed E-state index contributed by atoms with van der Waals surface area (Å²) in [6.45, 7) is 3.88. The first-order chi connectivity index (χ1) is 17.1. The molecule has 0 radical (unpaired) electrons. The van der Waals surface area contributed by atoms with Gasteiger partial charge in [-0.1, -0.05) is 17.3 Å². The first-order valence-electron chi connectivity index (χ1n) is 11.5. The number of hydrogen-bond donors (Lipinski definition) is 2. The third kappa shape index (κ3) is 4.47. The lowest BCUT2D eigenvalue weighted by molar-refractivity contribution is 0.0663. The summed E-state index contributed by atoms with van der Waals surface area (Å²) in [6.07, 6.45) is -0.615. The molecule has 1 atom stereocenters. The topological polar surface area (TPSA) is 90.7 Å². The van der Waals surface area contributed by atoms with Crippen molar-refractivity contribution in [1.82, 2.24) is 20.3 Å². The van der Waals surface area contributed by atoms with Gasteiger partial charge in [-0.3, -0.25) is 10.00 Å². The molecule has 1 aliphatic rings. The van der Waals surface area contributed by atoms with Crippen molar-refractivity contribution in [3.63, 3.8) is 0 Å². The third-order valence-corrected chi connectivity index (χ3v) is 7.18. The number of aliphatic hydroxyl groups excluding tert-OH is 1. The number of aliphatic hydroxyl groups is 1. The quantitative estimate of drug-likeness (QED) is 0.352. The van der Waals surface area contributed by atoms with Crippen molar-refractivity contribution in [3.8, 4) is 17.0 Å². The largest absolute Gasteiger partial charge is 0.491 e. The summed E-state index contributed by atoms with van der Waals surface area (Å²) in [5.41, 5.74) is 3.19. The molecular weight excluding hydrogens is 469 g/mol. The van der Waals surface area contributed by atoms with Gasteiger partial charge in [0.05, 0.1) is 5.52 Å². The maximum absolute atomic E-state index is 13.5. The number of hydrogen-bond acceptors (Lipinski definition) is 8. The van der Waals surface area contributed by atoms with Gasteiger partial charge >= 0.3 is 0 Å². The van der Waals surface area contributed by atoms with Crippen LogP contribution in [0.3, 0.4) is 0 Å². The lowest BCUT2D eigenvalue weighted by Gasteiger charge is -2.35. The molecular formula is C25H24FN5O3S. The standard InChI is InChI=1S/C25H24FN5O3S/c26-17-4-5-20-21(13-17)27-28-25(20)31-9-7-30(8-10-31)14-18(32)15-33-19-3-1-2-16(12-19)23-24-22(34-29-23)6-11-35-24/h1-6,11-13,18,32H,7-10,14-15H2,(H,27,28). The number of H-pyrrole nitrogens is 1. The second-order valence-corrected chi connectivity index (χ2v) is 9.58. The average Bonchev–Trinajstić information content (AvgIpc) is 3.59. The number of ether oxygens (including phenoxy) is 1. The molecule has 0 saturated carbocycles. The molecule has 180 valence electrons. The summed E-state index contributed by atoms with van der Waals surface area (Å²) in [5, 5.41) is 25.0. The predicted molar refractivity (Wildman–Crippen MR) is 134 cm³/mol. The van der Waals surface area contributed by atoms with Gasteiger partial charge in [0.15, 0.2) is 11.4 Å². The van der Waals surface area contributed by atoms with Crippen LogP contribution >= 0.6 is 11.3 Å². The van der Waals surface area contributed by atoms with Crippen LogP contribution in [0.15, 0.2) is 58.4 Å². The highest BCUT2D eigenvalue weighted by atomic mass is 32.1. The van der Waals surface area contributed by atoms with Crippen molar-refractivity contribution in [3.05, 3.63) is 59.7 Å². The van der Waals surface area contributed by atoms with Gasteiger partial charge in [-0.25, -0.2) is 4.39 Å². The SMILES string of the molecule is OC(COc1cccc(-c2noc3ccsc23)c1)CN1CCN(c2n[nH]c3cc(F)ccc23)CC1. The fourth-order valence-corrected chi connectivity index (χ4v) is 5.32. The van der Waals surface area contributed by atoms with Crippen LogP contribution in [0, 0.1) is 5.82 Å². The van der Waals surface area contributed by atoms with Crippen molar-refractivity contribution in [2.75, 3.05) is 44.2 Å². The molecule has 3 aromatic heterocycles. The number of aromatic nitrogens is 3. The number of β-amino-alcohol motifs (C(OH)–C–C–N with tert-alkyl or cyclic N) is 1. The van der Waals surface area contributed by atoms with E-state index in [1.165, 1.54) is 12.1 Å². The monoisotopic (exact) mass is 493 g/mol. The average molecular weight is 494 g/mol. The zero-order valence-electron chi connectivity index (χ0n) is 18.9. The fourth-order valence-electron chi connectivity index (χ4n) is 4.50. The summed E-state index contributed by atoms with van der Waals surface area (Å²) < 4.78 is 25.7. The molecule has 0 bridgehead atoms. The Morgan fingerprint density at radius 3 is 2.91 bits per heavy atom. The number of benzene rings is 2. The Hall–Kier alpha value is -3.47. The van der Waals surface area contributed by atoms with E-state index in [1.807, 2.05) is 35.7 Å². The Morgan fingerprint density at radius 2 is 2.03 bits per heavy atom. The van der Waals surface area contributed by atoms with E-state index < -0.39 is 6.10 Å². The fraction of sp³-hybridized carbons (Fsp3) is 0.280. The zero-order chi connectivity index (χ0) is 23.8. The van der Waals surface area contributed by atoms with E-state index in [2.05, 4.69) is 25.2 Å². The summed E-state index contributed by atoms with van der Waals surface area (Å²) in [6, 6.07) is 14.3. The maximum Gasteiger partial charge on any atom is 0.178 e. The van der Waals surface area contributed by atoms with Gasteiger partial charge < -0.3 is 19.3 Å². The van der Waals surface area contributed by atoms with E-state index in [-0.39, 0.29) is 12.4 Å². The number of aromatic amines is 1. The van der Waals surface area contributed by atoms with Gasteiger partial charge in [0.25, 0.3) is 0 Å². The molecule has 0 spiro atoms. The molecule has 1 aliphatic heterocycles. The van der Waals surface area contributed by atoms with Crippen LogP contribution in [0.25, 0.3) is 32.4 Å². The van der Waals surface area contributed by atoms with Crippen molar-refractivity contribution >= 4 is 38.3 Å². The number of rotatable bonds is 7. The highest BCUT2D eigenvalue weighted by Gasteiger charge is 2.22. The van der Waals surface area contributed by atoms with Crippen LogP contribution in [0.4, 0.5) is 10.2 Å². The van der Waals surface area contributed by atoms with Gasteiger partial charge in [0, 0.05) is 43.7 Å². The number of nitrogens with one attached hydrogen (secondary N) is 1. The molecule has 6 rings (SSSR count). The minimum Gasteiger partial charge on any atom is -0.491 e.